The number of benzene rings is 1. The van der Waals surface area contributed by atoms with Gasteiger partial charge in [0.2, 0.25) is 0 Å². The molecular weight excluding hydrogens is 224 g/mol. The molecule has 94 valence electrons. The summed E-state index contributed by atoms with van der Waals surface area (Å²) in [7, 11) is 0. The highest BCUT2D eigenvalue weighted by Gasteiger charge is 2.18. The number of piperidine rings is 1. The maximum Gasteiger partial charge on any atom is 0.159 e. The number of rotatable bonds is 2. The van der Waals surface area contributed by atoms with Crippen LogP contribution in [-0.4, -0.2) is 23.9 Å². The third-order valence-corrected chi connectivity index (χ3v) is 3.90. The maximum absolute atomic E-state index is 11.4. The second kappa shape index (κ2) is 4.58. The Labute approximate surface area is 107 Å². The standard InChI is InChI=1S/C15H18N2O/c1-10(18)12-2-3-13-14(9-17-15(13)8-12)11-4-6-16-7-5-11/h2-3,8-9,11,16-17H,4-7H2,1H3. The van der Waals surface area contributed by atoms with Crippen LogP contribution in [-0.2, 0) is 0 Å². The Morgan fingerprint density at radius 2 is 2.06 bits per heavy atom. The molecule has 1 aliphatic rings. The van der Waals surface area contributed by atoms with Crippen LogP contribution >= 0.6 is 0 Å². The Morgan fingerprint density at radius 3 is 2.78 bits per heavy atom. The largest absolute Gasteiger partial charge is 0.361 e. The number of fused-ring (bicyclic) bond motifs is 1. The van der Waals surface area contributed by atoms with Gasteiger partial charge in [0.15, 0.2) is 5.78 Å². The highest BCUT2D eigenvalue weighted by molar-refractivity contribution is 5.98. The molecule has 1 aromatic carbocycles. The van der Waals surface area contributed by atoms with Gasteiger partial charge in [0, 0.05) is 22.7 Å². The van der Waals surface area contributed by atoms with Crippen LogP contribution in [0.2, 0.25) is 0 Å². The van der Waals surface area contributed by atoms with E-state index in [1.54, 1.807) is 6.92 Å². The molecule has 1 aromatic heterocycles. The number of carbonyl (C=O) groups excluding carboxylic acids is 1. The van der Waals surface area contributed by atoms with E-state index in [0.29, 0.717) is 5.92 Å². The quantitative estimate of drug-likeness (QED) is 0.795. The normalized spacial score (nSPS) is 17.2. The zero-order valence-corrected chi connectivity index (χ0v) is 10.6. The first-order valence-corrected chi connectivity index (χ1v) is 6.58. The number of ketones is 1. The van der Waals surface area contributed by atoms with Gasteiger partial charge in [-0.1, -0.05) is 12.1 Å². The second-order valence-electron chi connectivity index (χ2n) is 5.08. The number of aromatic nitrogens is 1. The molecule has 2 heterocycles. The molecular formula is C15H18N2O. The minimum Gasteiger partial charge on any atom is -0.361 e. The number of nitrogens with one attached hydrogen (secondary N) is 2. The lowest BCUT2D eigenvalue weighted by Crippen LogP contribution is -2.26. The van der Waals surface area contributed by atoms with Gasteiger partial charge in [0.05, 0.1) is 0 Å². The summed E-state index contributed by atoms with van der Waals surface area (Å²) in [5.74, 6) is 0.762. The third kappa shape index (κ3) is 1.95. The molecule has 0 amide bonds. The lowest BCUT2D eigenvalue weighted by atomic mass is 9.90. The predicted molar refractivity (Wildman–Crippen MR) is 73.1 cm³/mol. The van der Waals surface area contributed by atoms with E-state index in [1.165, 1.54) is 23.8 Å². The van der Waals surface area contributed by atoms with Crippen molar-refractivity contribution in [2.75, 3.05) is 13.1 Å². The molecule has 3 rings (SSSR count). The molecule has 18 heavy (non-hydrogen) atoms. The molecule has 2 N–H and O–H groups in total. The summed E-state index contributed by atoms with van der Waals surface area (Å²) < 4.78 is 0. The van der Waals surface area contributed by atoms with Gasteiger partial charge in [-0.3, -0.25) is 4.79 Å². The van der Waals surface area contributed by atoms with Crippen molar-refractivity contribution in [3.63, 3.8) is 0 Å². The van der Waals surface area contributed by atoms with Gasteiger partial charge in [0.1, 0.15) is 0 Å². The van der Waals surface area contributed by atoms with E-state index in [9.17, 15) is 4.79 Å². The molecule has 1 aliphatic heterocycles. The Hall–Kier alpha value is -1.61. The zero-order valence-electron chi connectivity index (χ0n) is 10.6. The fourth-order valence-electron chi connectivity index (χ4n) is 2.84. The van der Waals surface area contributed by atoms with E-state index < -0.39 is 0 Å². The topological polar surface area (TPSA) is 44.9 Å². The average Bonchev–Trinajstić information content (AvgIpc) is 2.82. The number of H-pyrrole nitrogens is 1. The van der Waals surface area contributed by atoms with Crippen LogP contribution in [0.25, 0.3) is 10.9 Å². The van der Waals surface area contributed by atoms with Crippen LogP contribution in [0.15, 0.2) is 24.4 Å². The molecule has 0 spiro atoms. The van der Waals surface area contributed by atoms with E-state index in [4.69, 9.17) is 0 Å². The molecule has 0 bridgehead atoms. The monoisotopic (exact) mass is 242 g/mol. The number of hydrogen-bond donors (Lipinski definition) is 2. The first-order valence-electron chi connectivity index (χ1n) is 6.58. The van der Waals surface area contributed by atoms with Crippen LogP contribution in [0.5, 0.6) is 0 Å². The lowest BCUT2D eigenvalue weighted by Gasteiger charge is -2.22. The number of carbonyl (C=O) groups is 1. The summed E-state index contributed by atoms with van der Waals surface area (Å²) in [5, 5.41) is 4.66. The average molecular weight is 242 g/mol. The summed E-state index contributed by atoms with van der Waals surface area (Å²) in [4.78, 5) is 14.7. The van der Waals surface area contributed by atoms with E-state index in [1.807, 2.05) is 12.1 Å². The van der Waals surface area contributed by atoms with E-state index in [0.717, 1.165) is 24.2 Å². The highest BCUT2D eigenvalue weighted by atomic mass is 16.1. The Kier molecular flexibility index (Phi) is 2.92. The smallest absolute Gasteiger partial charge is 0.159 e. The van der Waals surface area contributed by atoms with Gasteiger partial charge < -0.3 is 10.3 Å². The van der Waals surface area contributed by atoms with Crippen molar-refractivity contribution in [3.05, 3.63) is 35.5 Å². The van der Waals surface area contributed by atoms with E-state index in [-0.39, 0.29) is 5.78 Å². The molecule has 1 fully saturated rings. The zero-order chi connectivity index (χ0) is 12.5. The van der Waals surface area contributed by atoms with Gasteiger partial charge >= 0.3 is 0 Å². The van der Waals surface area contributed by atoms with Gasteiger partial charge in [0.25, 0.3) is 0 Å². The van der Waals surface area contributed by atoms with Gasteiger partial charge in [-0.2, -0.15) is 0 Å². The minimum atomic E-state index is 0.120. The molecule has 3 heteroatoms. The second-order valence-corrected chi connectivity index (χ2v) is 5.08. The predicted octanol–water partition coefficient (Wildman–Crippen LogP) is 2.84. The fraction of sp³-hybridized carbons (Fsp3) is 0.400. The lowest BCUT2D eigenvalue weighted by molar-refractivity contribution is 0.101. The third-order valence-electron chi connectivity index (χ3n) is 3.90. The molecule has 0 atom stereocenters. The minimum absolute atomic E-state index is 0.120. The van der Waals surface area contributed by atoms with Crippen LogP contribution in [0.4, 0.5) is 0 Å². The number of aromatic amines is 1. The van der Waals surface area contributed by atoms with Crippen molar-refractivity contribution in [3.8, 4) is 0 Å². The van der Waals surface area contributed by atoms with Crippen LogP contribution in [0.1, 0.15) is 41.6 Å². The van der Waals surface area contributed by atoms with Crippen molar-refractivity contribution >= 4 is 16.7 Å². The molecule has 0 unspecified atom stereocenters. The fourth-order valence-corrected chi connectivity index (χ4v) is 2.84. The first-order chi connectivity index (χ1) is 8.75. The van der Waals surface area contributed by atoms with Crippen LogP contribution in [0.3, 0.4) is 0 Å². The van der Waals surface area contributed by atoms with Gasteiger partial charge in [-0.05, 0) is 50.4 Å². The Morgan fingerprint density at radius 1 is 1.28 bits per heavy atom. The van der Waals surface area contributed by atoms with Crippen molar-refractivity contribution in [2.45, 2.75) is 25.7 Å². The van der Waals surface area contributed by atoms with Crippen LogP contribution in [0, 0.1) is 0 Å². The molecule has 3 nitrogen and oxygen atoms in total. The van der Waals surface area contributed by atoms with Crippen molar-refractivity contribution in [1.82, 2.24) is 10.3 Å². The highest BCUT2D eigenvalue weighted by Crippen LogP contribution is 2.31. The molecule has 2 aromatic rings. The summed E-state index contributed by atoms with van der Waals surface area (Å²) in [5.41, 5.74) is 3.26. The van der Waals surface area contributed by atoms with Gasteiger partial charge in [-0.15, -0.1) is 0 Å². The molecule has 0 saturated carbocycles. The summed E-state index contributed by atoms with van der Waals surface area (Å²) in [6.45, 7) is 3.81. The summed E-state index contributed by atoms with van der Waals surface area (Å²) >= 11 is 0. The number of Topliss-reactive ketones (excluding diaryl/α,β-unsaturated/α-hetero) is 1. The summed E-state index contributed by atoms with van der Waals surface area (Å²) in [6, 6.07) is 5.98. The Balaban J connectivity index is 2.01. The molecule has 1 saturated heterocycles. The first kappa shape index (κ1) is 11.5. The van der Waals surface area contributed by atoms with Crippen molar-refractivity contribution in [2.24, 2.45) is 0 Å². The van der Waals surface area contributed by atoms with E-state index >= 15 is 0 Å². The molecule has 0 radical (unpaired) electrons. The Bertz CT molecular complexity index is 579. The van der Waals surface area contributed by atoms with Crippen molar-refractivity contribution < 1.29 is 4.79 Å². The van der Waals surface area contributed by atoms with Gasteiger partial charge in [-0.25, -0.2) is 0 Å². The summed E-state index contributed by atoms with van der Waals surface area (Å²) in [6.07, 6.45) is 4.51. The maximum atomic E-state index is 11.4. The van der Waals surface area contributed by atoms with E-state index in [2.05, 4.69) is 22.6 Å². The number of hydrogen-bond acceptors (Lipinski definition) is 2. The van der Waals surface area contributed by atoms with Crippen molar-refractivity contribution in [1.29, 1.82) is 0 Å². The van der Waals surface area contributed by atoms with Crippen LogP contribution < -0.4 is 5.32 Å². The molecule has 0 aliphatic carbocycles. The SMILES string of the molecule is CC(=O)c1ccc2c(C3CCNCC3)c[nH]c2c1.